The molecule has 14 nitrogen and oxygen atoms in total. The Bertz CT molecular complexity index is 2540. The van der Waals surface area contributed by atoms with E-state index in [0.29, 0.717) is 52.8 Å². The van der Waals surface area contributed by atoms with Crippen LogP contribution in [-0.2, 0) is 34.1 Å². The highest BCUT2D eigenvalue weighted by molar-refractivity contribution is 7.91. The third-order valence-electron chi connectivity index (χ3n) is 10.6. The van der Waals surface area contributed by atoms with E-state index in [1.54, 1.807) is 12.1 Å². The van der Waals surface area contributed by atoms with E-state index in [9.17, 15) is 36.3 Å². The maximum absolute atomic E-state index is 15.2. The fraction of sp³-hybridized carbons (Fsp3) is 0.429. The molecule has 59 heavy (non-hydrogen) atoms. The Morgan fingerprint density at radius 2 is 1.44 bits per heavy atom. The quantitative estimate of drug-likeness (QED) is 0.0822. The van der Waals surface area contributed by atoms with E-state index >= 15 is 4.79 Å². The van der Waals surface area contributed by atoms with Gasteiger partial charge in [0.15, 0.2) is 42.6 Å². The Kier molecular flexibility index (Phi) is 12.3. The smallest absolute Gasteiger partial charge is 0.345 e. The minimum Gasteiger partial charge on any atom is -0.485 e. The van der Waals surface area contributed by atoms with E-state index in [-0.39, 0.29) is 50.5 Å². The van der Waals surface area contributed by atoms with Gasteiger partial charge in [-0.1, -0.05) is 51.3 Å². The number of sulfone groups is 2. The Morgan fingerprint density at radius 3 is 2.10 bits per heavy atom. The molecule has 3 bridgehead atoms. The molecule has 4 heterocycles. The summed E-state index contributed by atoms with van der Waals surface area (Å²) in [5.74, 6) is -6.16. The summed E-state index contributed by atoms with van der Waals surface area (Å²) in [5.41, 5.74) is -2.55. The van der Waals surface area contributed by atoms with Crippen molar-refractivity contribution in [1.29, 1.82) is 0 Å². The molecule has 0 saturated carbocycles. The number of hydrogen-bond acceptors (Lipinski definition) is 15. The zero-order valence-electron chi connectivity index (χ0n) is 32.7. The molecule has 1 atom stereocenters. The van der Waals surface area contributed by atoms with Crippen LogP contribution in [0.1, 0.15) is 87.6 Å². The Hall–Kier alpha value is -4.68. The number of nitrogens with zero attached hydrogens (tertiary/aromatic N) is 1. The Morgan fingerprint density at radius 1 is 0.814 bits per heavy atom. The number of benzene rings is 3. The molecule has 3 aliphatic heterocycles. The van der Waals surface area contributed by atoms with Crippen molar-refractivity contribution in [3.8, 4) is 33.4 Å². The van der Waals surface area contributed by atoms with Crippen molar-refractivity contribution in [3.63, 3.8) is 0 Å². The highest BCUT2D eigenvalue weighted by atomic mass is 32.2. The van der Waals surface area contributed by atoms with Crippen LogP contribution >= 0.6 is 11.3 Å². The number of carbonyl (C=O) groups is 4. The molecular weight excluding hydrogens is 823 g/mol. The van der Waals surface area contributed by atoms with Crippen LogP contribution in [0.25, 0.3) is 20.5 Å². The highest BCUT2D eigenvalue weighted by Crippen LogP contribution is 2.52. The average Bonchev–Trinajstić information content (AvgIpc) is 3.59. The number of carbonyl (C=O) groups excluding carboxylic acids is 4. The van der Waals surface area contributed by atoms with E-state index in [1.807, 2.05) is 13.8 Å². The summed E-state index contributed by atoms with van der Waals surface area (Å²) < 4.78 is 76.3. The summed E-state index contributed by atoms with van der Waals surface area (Å²) in [6.07, 6.45) is 3.46. The van der Waals surface area contributed by atoms with E-state index in [2.05, 4.69) is 4.90 Å². The van der Waals surface area contributed by atoms with Crippen LogP contribution in [0.5, 0.6) is 23.0 Å². The van der Waals surface area contributed by atoms with E-state index < -0.39 is 73.3 Å². The first-order valence-electron chi connectivity index (χ1n) is 19.7. The monoisotopic (exact) mass is 867 g/mol. The third-order valence-corrected chi connectivity index (χ3v) is 15.5. The lowest BCUT2D eigenvalue weighted by Gasteiger charge is -2.28. The van der Waals surface area contributed by atoms with Crippen molar-refractivity contribution in [2.45, 2.75) is 87.0 Å². The van der Waals surface area contributed by atoms with Crippen molar-refractivity contribution in [1.82, 2.24) is 4.90 Å². The maximum atomic E-state index is 15.2. The number of likely N-dealkylation sites (tertiary alicyclic amines) is 1. The van der Waals surface area contributed by atoms with Gasteiger partial charge in [0, 0.05) is 33.1 Å². The lowest BCUT2D eigenvalue weighted by Crippen LogP contribution is -2.47. The molecule has 1 saturated heterocycles. The molecule has 1 unspecified atom stereocenters. The molecule has 4 aromatic rings. The second kappa shape index (κ2) is 17.1. The van der Waals surface area contributed by atoms with E-state index in [1.165, 1.54) is 30.3 Å². The fourth-order valence-corrected chi connectivity index (χ4v) is 11.6. The molecule has 1 N–H and O–H groups in total. The summed E-state index contributed by atoms with van der Waals surface area (Å²) in [7, 11) is -7.29. The van der Waals surface area contributed by atoms with Crippen LogP contribution in [0.3, 0.4) is 0 Å². The minimum atomic E-state index is -3.69. The predicted molar refractivity (Wildman–Crippen MR) is 218 cm³/mol. The van der Waals surface area contributed by atoms with Crippen LogP contribution in [0.15, 0.2) is 58.3 Å². The largest absolute Gasteiger partial charge is 0.485 e. The van der Waals surface area contributed by atoms with E-state index in [4.69, 9.17) is 18.9 Å². The fourth-order valence-electron chi connectivity index (χ4n) is 7.37. The molecule has 1 fully saturated rings. The zero-order chi connectivity index (χ0) is 42.1. The van der Waals surface area contributed by atoms with Crippen molar-refractivity contribution >= 4 is 64.8 Å². The first kappa shape index (κ1) is 42.4. The van der Waals surface area contributed by atoms with Crippen molar-refractivity contribution < 1.29 is 60.1 Å². The molecule has 17 heteroatoms. The number of thiophene rings is 1. The van der Waals surface area contributed by atoms with Crippen molar-refractivity contribution in [2.24, 2.45) is 0 Å². The molecule has 1 aromatic heterocycles. The lowest BCUT2D eigenvalue weighted by atomic mass is 9.94. The SMILES string of the molecule is CCCCS(=O)(=O)c1ccc(-c2sc3cc(S(=O)(=O)CCCC)ccc3c2C(=O)c2cc3c(OCCN4CCCCC4)c4c2OC(=O)CC(O)(CC(=O)O3)C(=O)O4)cc1. The number of fused-ring (bicyclic) bond motifs is 4. The van der Waals surface area contributed by atoms with Crippen LogP contribution in [0, 0.1) is 0 Å². The van der Waals surface area contributed by atoms with Gasteiger partial charge in [0.2, 0.25) is 11.5 Å². The average molecular weight is 868 g/mol. The third kappa shape index (κ3) is 8.80. The first-order valence-corrected chi connectivity index (χ1v) is 23.9. The summed E-state index contributed by atoms with van der Waals surface area (Å²) in [4.78, 5) is 58.2. The normalized spacial score (nSPS) is 18.7. The zero-order valence-corrected chi connectivity index (χ0v) is 35.2. The molecule has 0 amide bonds. The van der Waals surface area contributed by atoms with Gasteiger partial charge in [-0.05, 0) is 68.6 Å². The minimum absolute atomic E-state index is 0.0261. The number of piperidine rings is 1. The molecule has 3 aliphatic rings. The number of rotatable bonds is 15. The van der Waals surface area contributed by atoms with Gasteiger partial charge in [-0.15, -0.1) is 11.3 Å². The predicted octanol–water partition coefficient (Wildman–Crippen LogP) is 6.07. The first-order chi connectivity index (χ1) is 28.1. The Balaban J connectivity index is 1.41. The topological polar surface area (TPSA) is 197 Å². The molecule has 0 spiro atoms. The second-order valence-corrected chi connectivity index (χ2v) is 20.3. The van der Waals surface area contributed by atoms with Crippen molar-refractivity contribution in [2.75, 3.05) is 37.7 Å². The number of unbranched alkanes of at least 4 members (excludes halogenated alkanes) is 2. The number of esters is 3. The summed E-state index contributed by atoms with van der Waals surface area (Å²) in [5, 5.41) is 11.5. The molecule has 7 rings (SSSR count). The molecular formula is C42H45NO13S3. The van der Waals surface area contributed by atoms with Crippen molar-refractivity contribution in [3.05, 3.63) is 59.7 Å². The van der Waals surface area contributed by atoms with Crippen LogP contribution in [0.2, 0.25) is 0 Å². The van der Waals surface area contributed by atoms with E-state index in [0.717, 1.165) is 49.8 Å². The van der Waals surface area contributed by atoms with Gasteiger partial charge in [-0.3, -0.25) is 19.3 Å². The second-order valence-electron chi connectivity index (χ2n) is 15.0. The number of hydrogen-bond donors (Lipinski definition) is 1. The van der Waals surface area contributed by atoms with Gasteiger partial charge in [0.1, 0.15) is 6.61 Å². The van der Waals surface area contributed by atoms with Crippen LogP contribution in [0.4, 0.5) is 0 Å². The standard InChI is InChI=1S/C42H45NO13S3/c1-3-5-20-58(49,50)27-12-10-26(11-13-27)40-35(29-15-14-28(22-32(29)57-40)59(51,52)21-6-4-2)36(46)30-23-31-38(53-19-18-43-16-8-7-9-17-43)39-37(30)55-34(45)25-42(48,41(47)56-39)24-33(44)54-31/h10-15,22-23,48H,3-9,16-21,24-25H2,1-2H3. The molecule has 0 aliphatic carbocycles. The highest BCUT2D eigenvalue weighted by Gasteiger charge is 2.49. The molecule has 3 aromatic carbocycles. The maximum Gasteiger partial charge on any atom is 0.345 e. The van der Waals surface area contributed by atoms with Gasteiger partial charge < -0.3 is 24.1 Å². The van der Waals surface area contributed by atoms with Gasteiger partial charge in [0.25, 0.3) is 0 Å². The van der Waals surface area contributed by atoms with Gasteiger partial charge in [0.05, 0.1) is 39.7 Å². The van der Waals surface area contributed by atoms with Crippen LogP contribution in [-0.4, -0.2) is 93.9 Å². The summed E-state index contributed by atoms with van der Waals surface area (Å²) in [6.45, 7) is 5.96. The Labute approximate surface area is 346 Å². The van der Waals surface area contributed by atoms with Gasteiger partial charge >= 0.3 is 17.9 Å². The number of ketones is 1. The molecule has 314 valence electrons. The number of ether oxygens (including phenoxy) is 4. The molecule has 0 radical (unpaired) electrons. The van der Waals surface area contributed by atoms with Gasteiger partial charge in [-0.2, -0.15) is 0 Å². The summed E-state index contributed by atoms with van der Waals surface area (Å²) >= 11 is 1.10. The number of aliphatic hydroxyl groups is 1. The van der Waals surface area contributed by atoms with Gasteiger partial charge in [-0.25, -0.2) is 21.6 Å². The lowest BCUT2D eigenvalue weighted by molar-refractivity contribution is -0.168. The van der Waals surface area contributed by atoms with Crippen LogP contribution < -0.4 is 18.9 Å². The summed E-state index contributed by atoms with van der Waals surface area (Å²) in [6, 6.07) is 11.6.